The van der Waals surface area contributed by atoms with Crippen LogP contribution in [0.15, 0.2) is 72.6 Å². The van der Waals surface area contributed by atoms with Gasteiger partial charge in [-0.15, -0.1) is 0 Å². The van der Waals surface area contributed by atoms with E-state index in [1.165, 1.54) is 6.92 Å². The number of allylic oxidation sites excluding steroid dienone is 1. The fraction of sp³-hybridized carbons (Fsp3) is 0.379. The molecule has 0 saturated carbocycles. The second-order valence-corrected chi connectivity index (χ2v) is 9.01. The summed E-state index contributed by atoms with van der Waals surface area (Å²) in [5.74, 6) is -0.532. The molecular weight excluding hydrogens is 456 g/mol. The number of benzene rings is 2. The number of amides is 1. The van der Waals surface area contributed by atoms with Crippen LogP contribution in [0.25, 0.3) is 10.9 Å². The summed E-state index contributed by atoms with van der Waals surface area (Å²) in [5.41, 5.74) is 2.90. The summed E-state index contributed by atoms with van der Waals surface area (Å²) in [5, 5.41) is 13.5. The van der Waals surface area contributed by atoms with E-state index in [2.05, 4.69) is 5.32 Å². The number of aromatic nitrogens is 1. The fourth-order valence-corrected chi connectivity index (χ4v) is 4.91. The van der Waals surface area contributed by atoms with Crippen molar-refractivity contribution in [2.75, 3.05) is 19.8 Å². The molecule has 36 heavy (non-hydrogen) atoms. The monoisotopic (exact) mass is 490 g/mol. The molecule has 4 rings (SSSR count). The normalized spacial score (nSPS) is 19.5. The minimum Gasteiger partial charge on any atom is -0.459 e. The van der Waals surface area contributed by atoms with Crippen molar-refractivity contribution in [3.05, 3.63) is 83.8 Å². The van der Waals surface area contributed by atoms with E-state index in [0.717, 1.165) is 22.0 Å². The quantitative estimate of drug-likeness (QED) is 0.439. The molecule has 1 aliphatic rings. The molecule has 0 spiro atoms. The Bertz CT molecular complexity index is 1220. The van der Waals surface area contributed by atoms with Crippen molar-refractivity contribution in [2.45, 2.75) is 45.3 Å². The Labute approximate surface area is 211 Å². The van der Waals surface area contributed by atoms with Crippen molar-refractivity contribution >= 4 is 22.7 Å². The van der Waals surface area contributed by atoms with Gasteiger partial charge in [0, 0.05) is 50.1 Å². The van der Waals surface area contributed by atoms with E-state index in [4.69, 9.17) is 9.47 Å². The molecule has 7 heteroatoms. The van der Waals surface area contributed by atoms with E-state index in [0.29, 0.717) is 32.4 Å². The van der Waals surface area contributed by atoms with Crippen LogP contribution in [0.5, 0.6) is 0 Å². The second kappa shape index (κ2) is 12.0. The van der Waals surface area contributed by atoms with Gasteiger partial charge in [0.2, 0.25) is 12.2 Å². The molecule has 0 fully saturated rings. The number of fused-ring (bicyclic) bond motifs is 1. The molecule has 190 valence electrons. The van der Waals surface area contributed by atoms with Gasteiger partial charge in [0.05, 0.1) is 5.52 Å². The minimum atomic E-state index is -0.647. The smallest absolute Gasteiger partial charge is 0.286 e. The largest absolute Gasteiger partial charge is 0.459 e. The molecule has 0 unspecified atom stereocenters. The molecule has 1 aromatic heterocycles. The average molecular weight is 491 g/mol. The van der Waals surface area contributed by atoms with Crippen LogP contribution in [0.4, 0.5) is 0 Å². The maximum Gasteiger partial charge on any atom is 0.286 e. The summed E-state index contributed by atoms with van der Waals surface area (Å²) < 4.78 is 13.7. The van der Waals surface area contributed by atoms with E-state index in [1.807, 2.05) is 73.8 Å². The fourth-order valence-electron chi connectivity index (χ4n) is 4.91. The van der Waals surface area contributed by atoms with Crippen LogP contribution in [-0.2, 0) is 20.7 Å². The molecule has 2 N–H and O–H groups in total. The van der Waals surface area contributed by atoms with Crippen molar-refractivity contribution in [3.8, 4) is 0 Å². The number of rotatable bonds is 10. The number of aliphatic hydroxyl groups is 1. The van der Waals surface area contributed by atoms with Crippen LogP contribution in [0, 0.1) is 5.92 Å². The first-order chi connectivity index (χ1) is 17.5. The van der Waals surface area contributed by atoms with Crippen molar-refractivity contribution in [1.82, 2.24) is 9.88 Å². The summed E-state index contributed by atoms with van der Waals surface area (Å²) >= 11 is 0. The van der Waals surface area contributed by atoms with E-state index < -0.39 is 6.29 Å². The molecule has 0 saturated heterocycles. The number of aliphatic hydroxyl groups excluding tert-OH is 1. The third-order valence-electron chi connectivity index (χ3n) is 6.62. The molecule has 1 amide bonds. The Kier molecular flexibility index (Phi) is 8.57. The average Bonchev–Trinajstić information content (AvgIpc) is 3.28. The van der Waals surface area contributed by atoms with Gasteiger partial charge in [-0.1, -0.05) is 48.5 Å². The molecule has 1 aliphatic heterocycles. The summed E-state index contributed by atoms with van der Waals surface area (Å²) in [7, 11) is 0. The maximum absolute atomic E-state index is 13.2. The highest BCUT2D eigenvalue weighted by molar-refractivity contribution is 5.95. The van der Waals surface area contributed by atoms with Crippen LogP contribution < -0.4 is 5.32 Å². The number of para-hydroxylation sites is 1. The van der Waals surface area contributed by atoms with Gasteiger partial charge in [0.25, 0.3) is 5.91 Å². The summed E-state index contributed by atoms with van der Waals surface area (Å²) in [4.78, 5) is 25.5. The number of hydrogen-bond acceptors (Lipinski definition) is 5. The van der Waals surface area contributed by atoms with E-state index >= 15 is 0 Å². The number of ether oxygens (including phenoxy) is 2. The predicted molar refractivity (Wildman–Crippen MR) is 139 cm³/mol. The third kappa shape index (κ3) is 5.69. The van der Waals surface area contributed by atoms with Crippen LogP contribution >= 0.6 is 0 Å². The lowest BCUT2D eigenvalue weighted by atomic mass is 9.80. The van der Waals surface area contributed by atoms with E-state index in [9.17, 15) is 14.7 Å². The zero-order chi connectivity index (χ0) is 25.5. The molecule has 0 aliphatic carbocycles. The van der Waals surface area contributed by atoms with E-state index in [1.54, 1.807) is 4.57 Å². The zero-order valence-electron chi connectivity index (χ0n) is 20.9. The first-order valence-electron chi connectivity index (χ1n) is 12.6. The Morgan fingerprint density at radius 2 is 1.86 bits per heavy atom. The number of carbonyl (C=O) groups excluding carboxylic acids is 2. The molecule has 7 nitrogen and oxygen atoms in total. The third-order valence-corrected chi connectivity index (χ3v) is 6.62. The molecule has 0 radical (unpaired) electrons. The van der Waals surface area contributed by atoms with Crippen LogP contribution in [0.1, 0.15) is 48.5 Å². The van der Waals surface area contributed by atoms with Gasteiger partial charge in [-0.2, -0.15) is 0 Å². The first-order valence-corrected chi connectivity index (χ1v) is 12.6. The van der Waals surface area contributed by atoms with Crippen molar-refractivity contribution in [2.24, 2.45) is 5.92 Å². The highest BCUT2D eigenvalue weighted by atomic mass is 16.7. The summed E-state index contributed by atoms with van der Waals surface area (Å²) in [6.07, 6.45) is 4.99. The summed E-state index contributed by atoms with van der Waals surface area (Å²) in [6, 6.07) is 17.7. The van der Waals surface area contributed by atoms with Gasteiger partial charge in [0.1, 0.15) is 0 Å². The molecule has 3 aromatic rings. The van der Waals surface area contributed by atoms with Crippen molar-refractivity contribution < 1.29 is 24.2 Å². The zero-order valence-corrected chi connectivity index (χ0v) is 20.9. The van der Waals surface area contributed by atoms with Gasteiger partial charge in [-0.05, 0) is 49.5 Å². The van der Waals surface area contributed by atoms with Crippen LogP contribution in [0.3, 0.4) is 0 Å². The molecule has 2 heterocycles. The number of nitrogens with zero attached hydrogens (tertiary/aromatic N) is 1. The van der Waals surface area contributed by atoms with E-state index in [-0.39, 0.29) is 36.0 Å². The maximum atomic E-state index is 13.2. The molecule has 0 bridgehead atoms. The standard InChI is InChI=1S/C29H34N2O5/c1-3-35-29-23(13-9-17-32)24(25-19-31(20(2)33)26-14-8-7-12-22(25)26)18-27(36-29)28(34)30-16-15-21-10-5-4-6-11-21/h4-8,10-12,14,18-19,23-24,29,32H,3,9,13,15-17H2,1-2H3,(H,30,34)/t23-,24+,29-/m0/s1. The van der Waals surface area contributed by atoms with Gasteiger partial charge in [0.15, 0.2) is 5.76 Å². The highest BCUT2D eigenvalue weighted by Gasteiger charge is 2.39. The Morgan fingerprint density at radius 3 is 2.58 bits per heavy atom. The minimum absolute atomic E-state index is 0.0494. The van der Waals surface area contributed by atoms with Crippen molar-refractivity contribution in [1.29, 1.82) is 0 Å². The lowest BCUT2D eigenvalue weighted by Crippen LogP contribution is -2.39. The molecule has 2 aromatic carbocycles. The van der Waals surface area contributed by atoms with Crippen molar-refractivity contribution in [3.63, 3.8) is 0 Å². The lowest BCUT2D eigenvalue weighted by molar-refractivity contribution is -0.166. The topological polar surface area (TPSA) is 89.8 Å². The molecular formula is C29H34N2O5. The predicted octanol–water partition coefficient (Wildman–Crippen LogP) is 4.41. The van der Waals surface area contributed by atoms with Gasteiger partial charge < -0.3 is 19.9 Å². The second-order valence-electron chi connectivity index (χ2n) is 9.01. The van der Waals surface area contributed by atoms with Crippen LogP contribution in [0.2, 0.25) is 0 Å². The summed E-state index contributed by atoms with van der Waals surface area (Å²) in [6.45, 7) is 4.37. The number of hydrogen-bond donors (Lipinski definition) is 2. The van der Waals surface area contributed by atoms with Gasteiger partial charge >= 0.3 is 0 Å². The SMILES string of the molecule is CCO[C@H]1OC(C(=O)NCCc2ccccc2)=C[C@@H](c2cn(C(C)=O)c3ccccc23)[C@@H]1CCCO. The Balaban J connectivity index is 1.68. The van der Waals surface area contributed by atoms with Crippen LogP contribution in [-0.4, -0.2) is 47.5 Å². The van der Waals surface area contributed by atoms with Gasteiger partial charge in [-0.3, -0.25) is 14.2 Å². The Hall–Kier alpha value is -3.42. The highest BCUT2D eigenvalue weighted by Crippen LogP contribution is 2.42. The molecule has 3 atom stereocenters. The number of carbonyl (C=O) groups is 2. The first kappa shape index (κ1) is 25.7. The number of nitrogens with one attached hydrogen (secondary N) is 1. The Morgan fingerprint density at radius 1 is 1.11 bits per heavy atom. The lowest BCUT2D eigenvalue weighted by Gasteiger charge is -2.36. The van der Waals surface area contributed by atoms with Gasteiger partial charge in [-0.25, -0.2) is 0 Å².